The summed E-state index contributed by atoms with van der Waals surface area (Å²) in [5, 5.41) is 0.775. The van der Waals surface area contributed by atoms with Crippen molar-refractivity contribution in [1.82, 2.24) is 0 Å². The summed E-state index contributed by atoms with van der Waals surface area (Å²) in [6.07, 6.45) is 0.0439. The first-order chi connectivity index (χ1) is 8.12. The number of rotatable bonds is 6. The minimum absolute atomic E-state index is 0.0439. The molecule has 0 aliphatic carbocycles. The minimum Gasteiger partial charge on any atom is -0.493 e. The summed E-state index contributed by atoms with van der Waals surface area (Å²) in [4.78, 5) is 0. The second kappa shape index (κ2) is 7.24. The second-order valence-corrected chi connectivity index (χ2v) is 5.02. The summed E-state index contributed by atoms with van der Waals surface area (Å²) in [6.45, 7) is 2.44. The van der Waals surface area contributed by atoms with E-state index in [0.29, 0.717) is 12.4 Å². The summed E-state index contributed by atoms with van der Waals surface area (Å²) in [7, 11) is 3.29. The molecule has 0 aliphatic heterocycles. The van der Waals surface area contributed by atoms with E-state index < -0.39 is 0 Å². The molecule has 0 bridgehead atoms. The average molecular weight is 368 g/mol. The fourth-order valence-electron chi connectivity index (χ4n) is 1.26. The zero-order valence-electron chi connectivity index (χ0n) is 10.1. The molecule has 1 atom stereocenters. The van der Waals surface area contributed by atoms with Crippen molar-refractivity contribution in [3.8, 4) is 11.5 Å². The van der Waals surface area contributed by atoms with Gasteiger partial charge in [0, 0.05) is 12.4 Å². The standard InChI is InChI=1S/C12H16Br2O3/c1-8(15-2)7-17-12-10(14)4-9(6-13)5-11(12)16-3/h4-5,8H,6-7H2,1-3H3. The molecule has 0 saturated carbocycles. The van der Waals surface area contributed by atoms with Gasteiger partial charge in [0.05, 0.1) is 17.7 Å². The molecule has 0 spiro atoms. The Morgan fingerprint density at radius 2 is 2.00 bits per heavy atom. The van der Waals surface area contributed by atoms with Crippen molar-refractivity contribution < 1.29 is 14.2 Å². The lowest BCUT2D eigenvalue weighted by Crippen LogP contribution is -2.16. The molecule has 1 aromatic rings. The first-order valence-electron chi connectivity index (χ1n) is 5.20. The monoisotopic (exact) mass is 366 g/mol. The maximum Gasteiger partial charge on any atom is 0.175 e. The van der Waals surface area contributed by atoms with E-state index in [1.54, 1.807) is 14.2 Å². The molecule has 0 aromatic heterocycles. The molecule has 0 heterocycles. The lowest BCUT2D eigenvalue weighted by Gasteiger charge is -2.16. The van der Waals surface area contributed by atoms with Gasteiger partial charge in [0.2, 0.25) is 0 Å². The van der Waals surface area contributed by atoms with Crippen LogP contribution in [0, 0.1) is 0 Å². The van der Waals surface area contributed by atoms with Crippen molar-refractivity contribution in [2.24, 2.45) is 0 Å². The van der Waals surface area contributed by atoms with Crippen molar-refractivity contribution >= 4 is 31.9 Å². The summed E-state index contributed by atoms with van der Waals surface area (Å²) < 4.78 is 17.0. The van der Waals surface area contributed by atoms with Gasteiger partial charge in [-0.25, -0.2) is 0 Å². The number of halogens is 2. The highest BCUT2D eigenvalue weighted by Gasteiger charge is 2.12. The van der Waals surface area contributed by atoms with Gasteiger partial charge in [-0.05, 0) is 40.5 Å². The van der Waals surface area contributed by atoms with Gasteiger partial charge < -0.3 is 14.2 Å². The Morgan fingerprint density at radius 1 is 1.29 bits per heavy atom. The summed E-state index contributed by atoms with van der Waals surface area (Å²) in [6, 6.07) is 3.95. The average Bonchev–Trinajstić information content (AvgIpc) is 2.35. The van der Waals surface area contributed by atoms with Gasteiger partial charge >= 0.3 is 0 Å². The molecule has 1 unspecified atom stereocenters. The van der Waals surface area contributed by atoms with Gasteiger partial charge in [0.15, 0.2) is 11.5 Å². The van der Waals surface area contributed by atoms with E-state index in [9.17, 15) is 0 Å². The molecule has 17 heavy (non-hydrogen) atoms. The number of hydrogen-bond acceptors (Lipinski definition) is 3. The molecular formula is C12H16Br2O3. The Labute approximate surface area is 119 Å². The molecule has 0 aliphatic rings. The minimum atomic E-state index is 0.0439. The van der Waals surface area contributed by atoms with Crippen LogP contribution in [0.1, 0.15) is 12.5 Å². The van der Waals surface area contributed by atoms with Crippen molar-refractivity contribution in [3.63, 3.8) is 0 Å². The summed E-state index contributed by atoms with van der Waals surface area (Å²) >= 11 is 6.90. The zero-order chi connectivity index (χ0) is 12.8. The van der Waals surface area contributed by atoms with Crippen LogP contribution in [-0.2, 0) is 10.1 Å². The fraction of sp³-hybridized carbons (Fsp3) is 0.500. The summed E-state index contributed by atoms with van der Waals surface area (Å²) in [5.41, 5.74) is 1.13. The van der Waals surface area contributed by atoms with Crippen LogP contribution in [0.25, 0.3) is 0 Å². The molecule has 1 rings (SSSR count). The SMILES string of the molecule is COc1cc(CBr)cc(Br)c1OCC(C)OC. The lowest BCUT2D eigenvalue weighted by molar-refractivity contribution is 0.0703. The predicted molar refractivity (Wildman–Crippen MR) is 75.3 cm³/mol. The quantitative estimate of drug-likeness (QED) is 0.716. The molecule has 0 N–H and O–H groups in total. The molecule has 0 radical (unpaired) electrons. The van der Waals surface area contributed by atoms with Gasteiger partial charge in [-0.15, -0.1) is 0 Å². The molecule has 3 nitrogen and oxygen atoms in total. The van der Waals surface area contributed by atoms with Crippen molar-refractivity contribution in [2.45, 2.75) is 18.4 Å². The van der Waals surface area contributed by atoms with Crippen molar-refractivity contribution in [1.29, 1.82) is 0 Å². The van der Waals surface area contributed by atoms with E-state index in [1.807, 2.05) is 19.1 Å². The van der Waals surface area contributed by atoms with Crippen LogP contribution in [0.15, 0.2) is 16.6 Å². The van der Waals surface area contributed by atoms with Crippen LogP contribution in [0.4, 0.5) is 0 Å². The normalized spacial score (nSPS) is 12.3. The predicted octanol–water partition coefficient (Wildman–Crippen LogP) is 3.77. The van der Waals surface area contributed by atoms with Gasteiger partial charge in [-0.3, -0.25) is 0 Å². The van der Waals surface area contributed by atoms with E-state index >= 15 is 0 Å². The van der Waals surface area contributed by atoms with Crippen LogP contribution in [-0.4, -0.2) is 26.9 Å². The van der Waals surface area contributed by atoms with Crippen LogP contribution < -0.4 is 9.47 Å². The molecule has 0 fully saturated rings. The van der Waals surface area contributed by atoms with Gasteiger partial charge in [0.1, 0.15) is 6.61 Å². The van der Waals surface area contributed by atoms with Gasteiger partial charge in [-0.1, -0.05) is 15.9 Å². The number of ether oxygens (including phenoxy) is 3. The largest absolute Gasteiger partial charge is 0.493 e. The molecule has 0 amide bonds. The molecule has 5 heteroatoms. The lowest BCUT2D eigenvalue weighted by atomic mass is 10.2. The van der Waals surface area contributed by atoms with Gasteiger partial charge in [-0.2, -0.15) is 0 Å². The van der Waals surface area contributed by atoms with E-state index in [1.165, 1.54) is 0 Å². The maximum atomic E-state index is 5.70. The number of alkyl halides is 1. The number of hydrogen-bond donors (Lipinski definition) is 0. The second-order valence-electron chi connectivity index (χ2n) is 3.60. The van der Waals surface area contributed by atoms with E-state index in [0.717, 1.165) is 21.1 Å². The molecule has 96 valence electrons. The smallest absolute Gasteiger partial charge is 0.175 e. The first kappa shape index (κ1) is 14.8. The Morgan fingerprint density at radius 3 is 2.53 bits per heavy atom. The highest BCUT2D eigenvalue weighted by molar-refractivity contribution is 9.10. The molecule has 1 aromatic carbocycles. The van der Waals surface area contributed by atoms with E-state index in [2.05, 4.69) is 31.9 Å². The highest BCUT2D eigenvalue weighted by atomic mass is 79.9. The van der Waals surface area contributed by atoms with Crippen LogP contribution >= 0.6 is 31.9 Å². The first-order valence-corrected chi connectivity index (χ1v) is 7.11. The molecule has 0 saturated heterocycles. The third-order valence-corrected chi connectivity index (χ3v) is 3.54. The maximum absolute atomic E-state index is 5.70. The van der Waals surface area contributed by atoms with Crippen molar-refractivity contribution in [2.75, 3.05) is 20.8 Å². The highest BCUT2D eigenvalue weighted by Crippen LogP contribution is 2.37. The van der Waals surface area contributed by atoms with Crippen LogP contribution in [0.2, 0.25) is 0 Å². The third kappa shape index (κ3) is 4.16. The Hall–Kier alpha value is -0.260. The van der Waals surface area contributed by atoms with Crippen LogP contribution in [0.3, 0.4) is 0 Å². The number of methoxy groups -OCH3 is 2. The summed E-state index contributed by atoms with van der Waals surface area (Å²) in [5.74, 6) is 1.43. The van der Waals surface area contributed by atoms with Crippen molar-refractivity contribution in [3.05, 3.63) is 22.2 Å². The third-order valence-electron chi connectivity index (χ3n) is 2.31. The molecular weight excluding hydrogens is 352 g/mol. The van der Waals surface area contributed by atoms with Gasteiger partial charge in [0.25, 0.3) is 0 Å². The topological polar surface area (TPSA) is 27.7 Å². The Bertz CT molecular complexity index is 369. The Kier molecular flexibility index (Phi) is 6.30. The fourth-order valence-corrected chi connectivity index (χ4v) is 2.19. The zero-order valence-corrected chi connectivity index (χ0v) is 13.3. The van der Waals surface area contributed by atoms with E-state index in [-0.39, 0.29) is 6.10 Å². The van der Waals surface area contributed by atoms with E-state index in [4.69, 9.17) is 14.2 Å². The number of benzene rings is 1. The Balaban J connectivity index is 2.89. The van der Waals surface area contributed by atoms with Crippen LogP contribution in [0.5, 0.6) is 11.5 Å².